The van der Waals surface area contributed by atoms with Gasteiger partial charge in [-0.25, -0.2) is 4.79 Å². The van der Waals surface area contributed by atoms with Gasteiger partial charge in [0.25, 0.3) is 0 Å². The van der Waals surface area contributed by atoms with E-state index < -0.39 is 41.0 Å². The zero-order valence-electron chi connectivity index (χ0n) is 20.8. The quantitative estimate of drug-likeness (QED) is 0.325. The van der Waals surface area contributed by atoms with Crippen LogP contribution in [0.4, 0.5) is 13.2 Å². The number of aromatic carboxylic acids is 1. The minimum absolute atomic E-state index is 0.322. The second kappa shape index (κ2) is 17.4. The number of aromatic hydroxyl groups is 2. The standard InChI is InChI=1S/C10H8.C8H5F3O3.C6H6O.2C2H4O2/c1-2-6-10-8-4-3-7-9(10)5-1;9-8(10,11)4-1-2-6(12)5(3-4)7(13)14;7-6-4-2-1-3-5-6;2*1-2(3)4/h1-8H;1-3,12H,(H,13,14);1-5,7H;2*1H3,(H,3,4)/p-2. The normalized spacial score (nSPS) is 9.46. The predicted molar refractivity (Wildman–Crippen MR) is 133 cm³/mol. The summed E-state index contributed by atoms with van der Waals surface area (Å²) in [4.78, 5) is 28.2. The smallest absolute Gasteiger partial charge is 0.416 e. The number of carboxylic acid groups (broad SMARTS) is 3. The highest BCUT2D eigenvalue weighted by molar-refractivity contribution is 5.91. The number of alkyl halides is 3. The van der Waals surface area contributed by atoms with E-state index in [9.17, 15) is 18.0 Å². The summed E-state index contributed by atoms with van der Waals surface area (Å²) in [7, 11) is 0. The lowest BCUT2D eigenvalue weighted by Gasteiger charge is -2.07. The summed E-state index contributed by atoms with van der Waals surface area (Å²) in [5, 5.41) is 46.4. The molecule has 0 saturated heterocycles. The lowest BCUT2D eigenvalue weighted by molar-refractivity contribution is -0.303. The van der Waals surface area contributed by atoms with Gasteiger partial charge in [0.15, 0.2) is 0 Å². The molecule has 11 heteroatoms. The number of halogens is 3. The van der Waals surface area contributed by atoms with Crippen LogP contribution in [0.1, 0.15) is 29.8 Å². The predicted octanol–water partition coefficient (Wildman–Crippen LogP) is 3.85. The number of hydrogen-bond donors (Lipinski definition) is 3. The molecule has 0 aliphatic carbocycles. The number of carboxylic acids is 3. The van der Waals surface area contributed by atoms with Crippen molar-refractivity contribution in [2.45, 2.75) is 20.0 Å². The number of fused-ring (bicyclic) bond motifs is 1. The van der Waals surface area contributed by atoms with E-state index in [4.69, 9.17) is 35.1 Å². The minimum Gasteiger partial charge on any atom is -0.550 e. The number of para-hydroxylation sites is 1. The Morgan fingerprint density at radius 2 is 1.03 bits per heavy atom. The Morgan fingerprint density at radius 3 is 1.31 bits per heavy atom. The minimum atomic E-state index is -4.61. The Bertz CT molecular complexity index is 1240. The summed E-state index contributed by atoms with van der Waals surface area (Å²) in [6.45, 7) is 1.94. The Hall–Kier alpha value is -5.06. The van der Waals surface area contributed by atoms with Crippen LogP contribution in [-0.4, -0.2) is 33.2 Å². The van der Waals surface area contributed by atoms with Gasteiger partial charge in [-0.3, -0.25) is 0 Å². The topological polar surface area (TPSA) is 158 Å². The molecular weight excluding hydrogens is 521 g/mol. The van der Waals surface area contributed by atoms with Crippen LogP contribution < -0.4 is 10.2 Å². The van der Waals surface area contributed by atoms with Crippen molar-refractivity contribution in [1.82, 2.24) is 0 Å². The van der Waals surface area contributed by atoms with Gasteiger partial charge in [-0.05, 0) is 55.0 Å². The van der Waals surface area contributed by atoms with Gasteiger partial charge in [0.05, 0.1) is 5.56 Å². The van der Waals surface area contributed by atoms with Gasteiger partial charge in [0, 0.05) is 11.9 Å². The van der Waals surface area contributed by atoms with Gasteiger partial charge in [-0.1, -0.05) is 66.7 Å². The first kappa shape index (κ1) is 33.9. The maximum atomic E-state index is 12.1. The summed E-state index contributed by atoms with van der Waals surface area (Å²) < 4.78 is 36.3. The van der Waals surface area contributed by atoms with Crippen molar-refractivity contribution in [3.05, 3.63) is 108 Å². The van der Waals surface area contributed by atoms with Gasteiger partial charge in [0.1, 0.15) is 17.1 Å². The molecule has 0 amide bonds. The second-order valence-electron chi connectivity index (χ2n) is 7.20. The zero-order valence-corrected chi connectivity index (χ0v) is 20.8. The van der Waals surface area contributed by atoms with Crippen LogP contribution in [0, 0.1) is 0 Å². The number of benzene rings is 4. The number of aliphatic carboxylic acids is 2. The van der Waals surface area contributed by atoms with E-state index in [2.05, 4.69) is 48.5 Å². The maximum Gasteiger partial charge on any atom is 0.416 e. The fourth-order valence-electron chi connectivity index (χ4n) is 2.44. The summed E-state index contributed by atoms with van der Waals surface area (Å²) >= 11 is 0. The average Bonchev–Trinajstić information content (AvgIpc) is 2.84. The van der Waals surface area contributed by atoms with Gasteiger partial charge >= 0.3 is 12.1 Å². The number of carbonyl (C=O) groups excluding carboxylic acids is 2. The maximum absolute atomic E-state index is 12.1. The number of phenols is 2. The Labute approximate surface area is 221 Å². The van der Waals surface area contributed by atoms with Crippen LogP contribution in [-0.2, 0) is 15.8 Å². The van der Waals surface area contributed by atoms with Crippen molar-refractivity contribution in [2.75, 3.05) is 0 Å². The molecule has 0 bridgehead atoms. The molecule has 0 aliphatic heterocycles. The van der Waals surface area contributed by atoms with Crippen molar-refractivity contribution in [1.29, 1.82) is 0 Å². The monoisotopic (exact) mass is 546 g/mol. The first-order valence-electron chi connectivity index (χ1n) is 10.8. The van der Waals surface area contributed by atoms with Crippen molar-refractivity contribution in [3.63, 3.8) is 0 Å². The third kappa shape index (κ3) is 16.3. The van der Waals surface area contributed by atoms with Crippen molar-refractivity contribution in [2.24, 2.45) is 0 Å². The Balaban J connectivity index is 0.000000505. The summed E-state index contributed by atoms with van der Waals surface area (Å²) in [5.41, 5.74) is -1.87. The molecule has 0 atom stereocenters. The number of carbonyl (C=O) groups is 3. The van der Waals surface area contributed by atoms with E-state index >= 15 is 0 Å². The molecule has 0 saturated carbocycles. The molecular formula is C28H25F3O8-2. The highest BCUT2D eigenvalue weighted by atomic mass is 19.4. The molecule has 8 nitrogen and oxygen atoms in total. The van der Waals surface area contributed by atoms with Crippen LogP contribution in [0.5, 0.6) is 11.5 Å². The molecule has 0 heterocycles. The Morgan fingerprint density at radius 1 is 0.667 bits per heavy atom. The number of phenolic OH excluding ortho intramolecular Hbond substituents is 1. The molecule has 4 aromatic rings. The summed E-state index contributed by atoms with van der Waals surface area (Å²) in [6.07, 6.45) is -4.61. The Kier molecular flexibility index (Phi) is 15.1. The fraction of sp³-hybridized carbons (Fsp3) is 0.107. The third-order valence-corrected chi connectivity index (χ3v) is 3.97. The molecule has 0 aromatic heterocycles. The highest BCUT2D eigenvalue weighted by Crippen LogP contribution is 2.32. The van der Waals surface area contributed by atoms with Crippen molar-refractivity contribution < 1.29 is 53.1 Å². The van der Waals surface area contributed by atoms with E-state index in [1.807, 2.05) is 6.07 Å². The first-order valence-corrected chi connectivity index (χ1v) is 10.8. The average molecular weight is 546 g/mol. The highest BCUT2D eigenvalue weighted by Gasteiger charge is 2.31. The third-order valence-electron chi connectivity index (χ3n) is 3.97. The molecule has 208 valence electrons. The molecule has 4 rings (SSSR count). The largest absolute Gasteiger partial charge is 0.550 e. The molecule has 0 aliphatic rings. The van der Waals surface area contributed by atoms with Crippen molar-refractivity contribution >= 4 is 28.7 Å². The first-order chi connectivity index (χ1) is 18.1. The van der Waals surface area contributed by atoms with E-state index in [1.165, 1.54) is 10.8 Å². The van der Waals surface area contributed by atoms with Gasteiger partial charge in [-0.2, -0.15) is 13.2 Å². The van der Waals surface area contributed by atoms with E-state index in [0.717, 1.165) is 13.8 Å². The fourth-order valence-corrected chi connectivity index (χ4v) is 2.44. The van der Waals surface area contributed by atoms with Crippen LogP contribution in [0.3, 0.4) is 0 Å². The number of hydrogen-bond acceptors (Lipinski definition) is 7. The second-order valence-corrected chi connectivity index (χ2v) is 7.20. The molecule has 0 unspecified atom stereocenters. The number of rotatable bonds is 1. The molecule has 0 fully saturated rings. The lowest BCUT2D eigenvalue weighted by atomic mass is 10.1. The lowest BCUT2D eigenvalue weighted by Crippen LogP contribution is -2.16. The van der Waals surface area contributed by atoms with Crippen molar-refractivity contribution in [3.8, 4) is 11.5 Å². The molecule has 39 heavy (non-hydrogen) atoms. The van der Waals surface area contributed by atoms with E-state index in [1.54, 1.807) is 24.3 Å². The van der Waals surface area contributed by atoms with E-state index in [0.29, 0.717) is 23.9 Å². The van der Waals surface area contributed by atoms with Crippen LogP contribution in [0.25, 0.3) is 10.8 Å². The summed E-state index contributed by atoms with van der Waals surface area (Å²) in [5.74, 6) is -4.14. The van der Waals surface area contributed by atoms with Gasteiger partial charge in [0.2, 0.25) is 0 Å². The van der Waals surface area contributed by atoms with E-state index in [-0.39, 0.29) is 0 Å². The van der Waals surface area contributed by atoms with Crippen LogP contribution in [0.2, 0.25) is 0 Å². The zero-order chi connectivity index (χ0) is 30.0. The molecule has 0 spiro atoms. The van der Waals surface area contributed by atoms with Gasteiger partial charge < -0.3 is 35.1 Å². The van der Waals surface area contributed by atoms with Crippen LogP contribution >= 0.6 is 0 Å². The van der Waals surface area contributed by atoms with Gasteiger partial charge in [-0.15, -0.1) is 0 Å². The molecule has 3 N–H and O–H groups in total. The molecule has 0 radical (unpaired) electrons. The van der Waals surface area contributed by atoms with Crippen LogP contribution in [0.15, 0.2) is 97.1 Å². The summed E-state index contributed by atoms with van der Waals surface area (Å²) in [6, 6.07) is 27.1. The molecule has 4 aromatic carbocycles. The SMILES string of the molecule is CC(=O)[O-].CC(=O)[O-].O=C(O)c1cc(C(F)(F)F)ccc1O.Oc1ccccc1.c1ccc2ccccc2c1.